The molecule has 0 atom stereocenters. The largest absolute Gasteiger partial charge is 0.330 e. The summed E-state index contributed by atoms with van der Waals surface area (Å²) in [6, 6.07) is 10.0. The van der Waals surface area contributed by atoms with Crippen LogP contribution in [0.5, 0.6) is 0 Å². The average Bonchev–Trinajstić information content (AvgIpc) is 2.53. The van der Waals surface area contributed by atoms with Gasteiger partial charge >= 0.3 is 0 Å². The molecule has 1 fully saturated rings. The lowest BCUT2D eigenvalue weighted by molar-refractivity contribution is -0.118. The highest BCUT2D eigenvalue weighted by molar-refractivity contribution is 5.82. The highest BCUT2D eigenvalue weighted by atomic mass is 16.1. The number of allylic oxidation sites excluding steroid dienone is 1. The fourth-order valence-corrected chi connectivity index (χ4v) is 1.41. The molecule has 66 valence electrons. The van der Waals surface area contributed by atoms with Crippen LogP contribution in [0.3, 0.4) is 0 Å². The van der Waals surface area contributed by atoms with E-state index in [4.69, 9.17) is 0 Å². The van der Waals surface area contributed by atoms with Gasteiger partial charge in [0.15, 0.2) is 0 Å². The molecule has 0 bridgehead atoms. The maximum absolute atomic E-state index is 10.9. The monoisotopic (exact) mass is 173 g/mol. The van der Waals surface area contributed by atoms with Crippen LogP contribution in [0, 0.1) is 0 Å². The van der Waals surface area contributed by atoms with Gasteiger partial charge in [0.1, 0.15) is 0 Å². The first-order chi connectivity index (χ1) is 6.34. The second kappa shape index (κ2) is 3.44. The van der Waals surface area contributed by atoms with Crippen molar-refractivity contribution in [1.29, 1.82) is 0 Å². The summed E-state index contributed by atoms with van der Waals surface area (Å²) in [6.45, 7) is 0. The molecule has 1 aromatic carbocycles. The lowest BCUT2D eigenvalue weighted by atomic mass is 10.2. The van der Waals surface area contributed by atoms with Crippen LogP contribution >= 0.6 is 0 Å². The molecule has 1 heterocycles. The molecule has 0 aliphatic carbocycles. The van der Waals surface area contributed by atoms with E-state index < -0.39 is 0 Å². The Kier molecular flexibility index (Phi) is 2.13. The number of benzene rings is 1. The molecular formula is C11H11NO. The molecule has 0 aromatic heterocycles. The number of amides is 1. The van der Waals surface area contributed by atoms with Crippen molar-refractivity contribution in [2.75, 3.05) is 0 Å². The van der Waals surface area contributed by atoms with Gasteiger partial charge in [0.2, 0.25) is 5.91 Å². The van der Waals surface area contributed by atoms with Crippen LogP contribution in [-0.2, 0) is 4.79 Å². The van der Waals surface area contributed by atoms with Crippen LogP contribution in [0.2, 0.25) is 0 Å². The minimum absolute atomic E-state index is 0.127. The minimum Gasteiger partial charge on any atom is -0.330 e. The Bertz CT molecular complexity index is 340. The third-order valence-corrected chi connectivity index (χ3v) is 2.06. The number of rotatable bonds is 1. The van der Waals surface area contributed by atoms with Crippen molar-refractivity contribution in [3.05, 3.63) is 41.6 Å². The third-order valence-electron chi connectivity index (χ3n) is 2.06. The summed E-state index contributed by atoms with van der Waals surface area (Å²) >= 11 is 0. The van der Waals surface area contributed by atoms with Gasteiger partial charge in [0.05, 0.1) is 0 Å². The molecule has 1 amide bonds. The van der Waals surface area contributed by atoms with Gasteiger partial charge in [0.25, 0.3) is 0 Å². The summed E-state index contributed by atoms with van der Waals surface area (Å²) in [5.41, 5.74) is 2.16. The van der Waals surface area contributed by atoms with Crippen molar-refractivity contribution in [3.8, 4) is 0 Å². The Morgan fingerprint density at radius 2 is 1.92 bits per heavy atom. The van der Waals surface area contributed by atoms with E-state index in [1.807, 2.05) is 36.4 Å². The highest BCUT2D eigenvalue weighted by Gasteiger charge is 2.13. The van der Waals surface area contributed by atoms with Gasteiger partial charge in [-0.3, -0.25) is 4.79 Å². The molecule has 0 saturated carbocycles. The van der Waals surface area contributed by atoms with Gasteiger partial charge in [-0.2, -0.15) is 0 Å². The normalized spacial score (nSPS) is 19.1. The molecule has 0 spiro atoms. The first kappa shape index (κ1) is 8.05. The summed E-state index contributed by atoms with van der Waals surface area (Å²) in [6.07, 6.45) is 3.48. The van der Waals surface area contributed by atoms with Crippen LogP contribution < -0.4 is 5.32 Å². The first-order valence-electron chi connectivity index (χ1n) is 4.40. The molecule has 2 heteroatoms. The van der Waals surface area contributed by atoms with Crippen molar-refractivity contribution in [3.63, 3.8) is 0 Å². The van der Waals surface area contributed by atoms with E-state index in [9.17, 15) is 4.79 Å². The molecule has 0 radical (unpaired) electrons. The second-order valence-electron chi connectivity index (χ2n) is 3.13. The van der Waals surface area contributed by atoms with Gasteiger partial charge in [-0.15, -0.1) is 0 Å². The Balaban J connectivity index is 2.17. The summed E-state index contributed by atoms with van der Waals surface area (Å²) in [7, 11) is 0. The summed E-state index contributed by atoms with van der Waals surface area (Å²) < 4.78 is 0. The topological polar surface area (TPSA) is 29.1 Å². The lowest BCUT2D eigenvalue weighted by Gasteiger charge is -1.96. The molecule has 0 unspecified atom stereocenters. The van der Waals surface area contributed by atoms with Gasteiger partial charge in [-0.1, -0.05) is 30.3 Å². The predicted octanol–water partition coefficient (Wildman–Crippen LogP) is 1.94. The van der Waals surface area contributed by atoms with Crippen LogP contribution in [0.25, 0.3) is 6.08 Å². The standard InChI is InChI=1S/C11H11NO/c13-11-7-6-10(12-11)8-9-4-2-1-3-5-9/h1-5,8H,6-7H2,(H,12,13)/b10-8+. The van der Waals surface area contributed by atoms with Gasteiger partial charge in [-0.05, 0) is 18.1 Å². The highest BCUT2D eigenvalue weighted by Crippen LogP contribution is 2.14. The quantitative estimate of drug-likeness (QED) is 0.690. The maximum Gasteiger partial charge on any atom is 0.224 e. The Hall–Kier alpha value is -1.57. The molecule has 1 saturated heterocycles. The van der Waals surface area contributed by atoms with Crippen LogP contribution in [-0.4, -0.2) is 5.91 Å². The number of carbonyl (C=O) groups excluding carboxylic acids is 1. The molecule has 1 aromatic rings. The molecule has 2 nitrogen and oxygen atoms in total. The number of hydrogen-bond donors (Lipinski definition) is 1. The molecule has 1 N–H and O–H groups in total. The van der Waals surface area contributed by atoms with Crippen LogP contribution in [0.15, 0.2) is 36.0 Å². The molecular weight excluding hydrogens is 162 g/mol. The average molecular weight is 173 g/mol. The SMILES string of the molecule is O=C1CC/C(=C\c2ccccc2)N1. The molecule has 1 aliphatic rings. The smallest absolute Gasteiger partial charge is 0.224 e. The predicted molar refractivity (Wildman–Crippen MR) is 51.8 cm³/mol. The van der Waals surface area contributed by atoms with Crippen LogP contribution in [0.1, 0.15) is 18.4 Å². The third kappa shape index (κ3) is 1.96. The zero-order valence-electron chi connectivity index (χ0n) is 7.29. The van der Waals surface area contributed by atoms with E-state index in [0.29, 0.717) is 6.42 Å². The van der Waals surface area contributed by atoms with E-state index in [1.165, 1.54) is 0 Å². The second-order valence-corrected chi connectivity index (χ2v) is 3.13. The van der Waals surface area contributed by atoms with Gasteiger partial charge in [-0.25, -0.2) is 0 Å². The molecule has 1 aliphatic heterocycles. The van der Waals surface area contributed by atoms with Crippen molar-refractivity contribution in [2.24, 2.45) is 0 Å². The van der Waals surface area contributed by atoms with Crippen molar-refractivity contribution in [2.45, 2.75) is 12.8 Å². The maximum atomic E-state index is 10.9. The fourth-order valence-electron chi connectivity index (χ4n) is 1.41. The summed E-state index contributed by atoms with van der Waals surface area (Å²) in [4.78, 5) is 10.9. The van der Waals surface area contributed by atoms with Gasteiger partial charge in [0, 0.05) is 12.1 Å². The van der Waals surface area contributed by atoms with Crippen molar-refractivity contribution < 1.29 is 4.79 Å². The summed E-state index contributed by atoms with van der Waals surface area (Å²) in [5.74, 6) is 0.127. The number of hydrogen-bond acceptors (Lipinski definition) is 1. The zero-order valence-corrected chi connectivity index (χ0v) is 7.29. The Labute approximate surface area is 77.3 Å². The minimum atomic E-state index is 0.127. The van der Waals surface area contributed by atoms with E-state index in [2.05, 4.69) is 5.32 Å². The van der Waals surface area contributed by atoms with E-state index in [0.717, 1.165) is 17.7 Å². The van der Waals surface area contributed by atoms with Gasteiger partial charge < -0.3 is 5.32 Å². The number of nitrogens with one attached hydrogen (secondary N) is 1. The Morgan fingerprint density at radius 1 is 1.15 bits per heavy atom. The first-order valence-corrected chi connectivity index (χ1v) is 4.40. The molecule has 2 rings (SSSR count). The summed E-state index contributed by atoms with van der Waals surface area (Å²) in [5, 5.41) is 2.82. The zero-order chi connectivity index (χ0) is 9.10. The van der Waals surface area contributed by atoms with Crippen LogP contribution in [0.4, 0.5) is 0 Å². The molecule has 13 heavy (non-hydrogen) atoms. The van der Waals surface area contributed by atoms with E-state index >= 15 is 0 Å². The number of carbonyl (C=O) groups is 1. The van der Waals surface area contributed by atoms with Crippen molar-refractivity contribution in [1.82, 2.24) is 5.32 Å². The lowest BCUT2D eigenvalue weighted by Crippen LogP contribution is -2.11. The Morgan fingerprint density at radius 3 is 2.54 bits per heavy atom. The van der Waals surface area contributed by atoms with Crippen molar-refractivity contribution >= 4 is 12.0 Å². The van der Waals surface area contributed by atoms with E-state index in [1.54, 1.807) is 0 Å². The fraction of sp³-hybridized carbons (Fsp3) is 0.182. The van der Waals surface area contributed by atoms with E-state index in [-0.39, 0.29) is 5.91 Å².